The molecule has 1 saturated heterocycles. The highest BCUT2D eigenvalue weighted by Crippen LogP contribution is 2.30. The number of rotatable bonds is 3. The molecule has 0 unspecified atom stereocenters. The van der Waals surface area contributed by atoms with Gasteiger partial charge in [0.05, 0.1) is 17.3 Å². The number of piperidine rings is 1. The first-order valence-corrected chi connectivity index (χ1v) is 8.26. The van der Waals surface area contributed by atoms with Crippen molar-refractivity contribution in [2.45, 2.75) is 38.2 Å². The fourth-order valence-corrected chi connectivity index (χ4v) is 3.60. The molecule has 0 bridgehead atoms. The van der Waals surface area contributed by atoms with Crippen molar-refractivity contribution < 1.29 is 5.11 Å². The van der Waals surface area contributed by atoms with Crippen molar-refractivity contribution in [3.63, 3.8) is 0 Å². The number of nitrogens with one attached hydrogen (secondary N) is 2. The van der Waals surface area contributed by atoms with Crippen molar-refractivity contribution in [2.75, 3.05) is 19.6 Å². The number of hydrogen-bond acceptors (Lipinski definition) is 4. The minimum absolute atomic E-state index is 0.453. The Kier molecular flexibility index (Phi) is 3.39. The molecule has 3 N–H and O–H groups in total. The van der Waals surface area contributed by atoms with E-state index in [1.807, 2.05) is 32.3 Å². The van der Waals surface area contributed by atoms with E-state index in [-0.39, 0.29) is 0 Å². The van der Waals surface area contributed by atoms with Crippen LogP contribution in [0.3, 0.4) is 0 Å². The highest BCUT2D eigenvalue weighted by Gasteiger charge is 2.26. The molecule has 0 spiro atoms. The van der Waals surface area contributed by atoms with Gasteiger partial charge in [-0.1, -0.05) is 0 Å². The predicted molar refractivity (Wildman–Crippen MR) is 90.5 cm³/mol. The zero-order chi connectivity index (χ0) is 16.0. The van der Waals surface area contributed by atoms with Crippen molar-refractivity contribution >= 4 is 22.1 Å². The maximum atomic E-state index is 9.96. The zero-order valence-electron chi connectivity index (χ0n) is 13.6. The monoisotopic (exact) mass is 313 g/mol. The molecular formula is C17H23N5O. The number of pyridine rings is 1. The molecule has 6 heteroatoms. The molecule has 3 aromatic heterocycles. The minimum Gasteiger partial charge on any atom is -0.389 e. The van der Waals surface area contributed by atoms with E-state index in [1.54, 1.807) is 0 Å². The normalized spacial score (nSPS) is 18.2. The summed E-state index contributed by atoms with van der Waals surface area (Å²) < 4.78 is 0. The van der Waals surface area contributed by atoms with Crippen LogP contribution in [-0.4, -0.2) is 55.2 Å². The number of aromatic nitrogens is 4. The van der Waals surface area contributed by atoms with E-state index in [9.17, 15) is 5.11 Å². The molecule has 0 radical (unpaired) electrons. The lowest BCUT2D eigenvalue weighted by atomic mass is 9.95. The van der Waals surface area contributed by atoms with E-state index in [1.165, 1.54) is 0 Å². The zero-order valence-corrected chi connectivity index (χ0v) is 13.6. The van der Waals surface area contributed by atoms with Crippen LogP contribution in [0, 0.1) is 0 Å². The molecule has 1 fully saturated rings. The highest BCUT2D eigenvalue weighted by molar-refractivity contribution is 6.00. The maximum Gasteiger partial charge on any atom is 0.139 e. The summed E-state index contributed by atoms with van der Waals surface area (Å²) in [4.78, 5) is 18.2. The molecule has 1 aliphatic rings. The van der Waals surface area contributed by atoms with Gasteiger partial charge >= 0.3 is 0 Å². The van der Waals surface area contributed by atoms with Crippen LogP contribution in [0.4, 0.5) is 0 Å². The first-order chi connectivity index (χ1) is 11.0. The number of imidazole rings is 1. The second kappa shape index (κ2) is 5.32. The second-order valence-electron chi connectivity index (χ2n) is 7.25. The van der Waals surface area contributed by atoms with Gasteiger partial charge in [0.2, 0.25) is 0 Å². The van der Waals surface area contributed by atoms with Crippen LogP contribution in [0.15, 0.2) is 18.5 Å². The van der Waals surface area contributed by atoms with Crippen LogP contribution < -0.4 is 0 Å². The Morgan fingerprint density at radius 2 is 2.13 bits per heavy atom. The van der Waals surface area contributed by atoms with Gasteiger partial charge in [-0.25, -0.2) is 9.97 Å². The molecule has 4 heterocycles. The van der Waals surface area contributed by atoms with E-state index in [0.717, 1.165) is 60.4 Å². The van der Waals surface area contributed by atoms with Gasteiger partial charge in [-0.2, -0.15) is 0 Å². The van der Waals surface area contributed by atoms with Crippen LogP contribution in [0.2, 0.25) is 0 Å². The van der Waals surface area contributed by atoms with Crippen LogP contribution in [-0.2, 0) is 0 Å². The van der Waals surface area contributed by atoms with Crippen LogP contribution >= 0.6 is 0 Å². The Bertz CT molecular complexity index is 820. The molecule has 3 aromatic rings. The van der Waals surface area contributed by atoms with Gasteiger partial charge in [-0.15, -0.1) is 0 Å². The van der Waals surface area contributed by atoms with Gasteiger partial charge < -0.3 is 20.0 Å². The Morgan fingerprint density at radius 1 is 1.35 bits per heavy atom. The molecule has 6 nitrogen and oxygen atoms in total. The topological polar surface area (TPSA) is 80.8 Å². The molecule has 23 heavy (non-hydrogen) atoms. The lowest BCUT2D eigenvalue weighted by Gasteiger charge is -2.34. The summed E-state index contributed by atoms with van der Waals surface area (Å²) in [6.45, 7) is 6.47. The summed E-state index contributed by atoms with van der Waals surface area (Å²) in [6.07, 6.45) is 5.90. The maximum absolute atomic E-state index is 9.96. The summed E-state index contributed by atoms with van der Waals surface area (Å²) >= 11 is 0. The highest BCUT2D eigenvalue weighted by atomic mass is 16.3. The van der Waals surface area contributed by atoms with E-state index >= 15 is 0 Å². The number of hydrogen-bond donors (Lipinski definition) is 3. The Labute approximate surface area is 134 Å². The molecule has 4 rings (SSSR count). The number of β-amino-alcohol motifs (C(OH)–C–C–N with tert-alkyl or cyclic N) is 1. The third-order valence-corrected chi connectivity index (χ3v) is 4.64. The van der Waals surface area contributed by atoms with E-state index < -0.39 is 5.60 Å². The number of H-pyrrole nitrogens is 2. The number of nitrogens with zero attached hydrogens (tertiary/aromatic N) is 3. The van der Waals surface area contributed by atoms with Gasteiger partial charge in [0.1, 0.15) is 17.0 Å². The molecule has 122 valence electrons. The van der Waals surface area contributed by atoms with Crippen molar-refractivity contribution in [2.24, 2.45) is 0 Å². The fourth-order valence-electron chi connectivity index (χ4n) is 3.60. The van der Waals surface area contributed by atoms with E-state index in [2.05, 4.69) is 19.9 Å². The van der Waals surface area contributed by atoms with Crippen molar-refractivity contribution in [1.29, 1.82) is 0 Å². The first kappa shape index (κ1) is 14.7. The van der Waals surface area contributed by atoms with Crippen molar-refractivity contribution in [1.82, 2.24) is 24.8 Å². The Balaban J connectivity index is 1.54. The van der Waals surface area contributed by atoms with E-state index in [0.29, 0.717) is 5.92 Å². The van der Waals surface area contributed by atoms with Gasteiger partial charge in [0.15, 0.2) is 0 Å². The van der Waals surface area contributed by atoms with Gasteiger partial charge in [0, 0.05) is 24.0 Å². The fraction of sp³-hybridized carbons (Fsp3) is 0.529. The largest absolute Gasteiger partial charge is 0.389 e. The summed E-state index contributed by atoms with van der Waals surface area (Å²) in [5.74, 6) is 1.52. The lowest BCUT2D eigenvalue weighted by molar-refractivity contribution is 0.0279. The number of aromatic amines is 2. The summed E-state index contributed by atoms with van der Waals surface area (Å²) in [7, 11) is 0. The molecule has 0 aliphatic carbocycles. The third kappa shape index (κ3) is 2.84. The Morgan fingerprint density at radius 3 is 2.87 bits per heavy atom. The number of aliphatic hydroxyl groups is 1. The van der Waals surface area contributed by atoms with Crippen molar-refractivity contribution in [3.05, 3.63) is 24.3 Å². The standard InChI is InChI=1S/C17H23N5O/c1-17(2,23)10-22-7-4-11(5-8-22)15-20-13-9-19-16-12(3-6-18-16)14(13)21-15/h3,6,9,11,23H,4-5,7-8,10H2,1-2H3,(H,18,19)(H,20,21). The Hall–Kier alpha value is -1.92. The number of likely N-dealkylation sites (tertiary alicyclic amines) is 1. The lowest BCUT2D eigenvalue weighted by Crippen LogP contribution is -2.42. The quantitative estimate of drug-likeness (QED) is 0.693. The predicted octanol–water partition coefficient (Wildman–Crippen LogP) is 2.39. The van der Waals surface area contributed by atoms with Crippen LogP contribution in [0.1, 0.15) is 38.4 Å². The molecule has 0 atom stereocenters. The SMILES string of the molecule is CC(C)(O)CN1CCC(c2nc3c(cnc4[nH]ccc43)[nH]2)CC1. The summed E-state index contributed by atoms with van der Waals surface area (Å²) in [5, 5.41) is 11.0. The average Bonchev–Trinajstić information content (AvgIpc) is 3.12. The van der Waals surface area contributed by atoms with Crippen LogP contribution in [0.5, 0.6) is 0 Å². The summed E-state index contributed by atoms with van der Waals surface area (Å²) in [6, 6.07) is 2.03. The smallest absolute Gasteiger partial charge is 0.139 e. The van der Waals surface area contributed by atoms with Gasteiger partial charge in [-0.05, 0) is 45.8 Å². The van der Waals surface area contributed by atoms with Gasteiger partial charge in [-0.3, -0.25) is 0 Å². The van der Waals surface area contributed by atoms with Crippen molar-refractivity contribution in [3.8, 4) is 0 Å². The molecule has 0 saturated carbocycles. The summed E-state index contributed by atoms with van der Waals surface area (Å²) in [5.41, 5.74) is 2.27. The minimum atomic E-state index is -0.627. The average molecular weight is 313 g/mol. The third-order valence-electron chi connectivity index (χ3n) is 4.64. The first-order valence-electron chi connectivity index (χ1n) is 8.26. The van der Waals surface area contributed by atoms with Gasteiger partial charge in [0.25, 0.3) is 0 Å². The van der Waals surface area contributed by atoms with E-state index in [4.69, 9.17) is 4.98 Å². The molecule has 0 amide bonds. The molecule has 1 aliphatic heterocycles. The second-order valence-corrected chi connectivity index (χ2v) is 7.25. The molecular weight excluding hydrogens is 290 g/mol. The van der Waals surface area contributed by atoms with Crippen LogP contribution in [0.25, 0.3) is 22.1 Å². The number of fused-ring (bicyclic) bond motifs is 3. The molecule has 0 aromatic carbocycles.